The first kappa shape index (κ1) is 29.2. The highest BCUT2D eigenvalue weighted by molar-refractivity contribution is 7.92. The van der Waals surface area contributed by atoms with E-state index in [-0.39, 0.29) is 10.7 Å². The van der Waals surface area contributed by atoms with Gasteiger partial charge in [-0.05, 0) is 108 Å². The highest BCUT2D eigenvalue weighted by Crippen LogP contribution is 2.53. The van der Waals surface area contributed by atoms with Crippen molar-refractivity contribution in [3.63, 3.8) is 0 Å². The molecule has 0 bridgehead atoms. The summed E-state index contributed by atoms with van der Waals surface area (Å²) in [5.74, 6) is 1.17. The van der Waals surface area contributed by atoms with Crippen LogP contribution in [0.15, 0.2) is 29.3 Å². The van der Waals surface area contributed by atoms with Gasteiger partial charge in [0.2, 0.25) is 5.95 Å². The molecule has 2 aromatic rings. The predicted molar refractivity (Wildman–Crippen MR) is 158 cm³/mol. The molecular formula is C30H45N5O4S. The molecule has 3 fully saturated rings. The summed E-state index contributed by atoms with van der Waals surface area (Å²) in [6.07, 6.45) is 7.12. The molecule has 0 unspecified atom stereocenters. The molecule has 10 heteroatoms. The minimum Gasteiger partial charge on any atom is -0.388 e. The second-order valence-electron chi connectivity index (χ2n) is 12.8. The molecule has 40 heavy (non-hydrogen) atoms. The van der Waals surface area contributed by atoms with Crippen molar-refractivity contribution in [2.75, 3.05) is 43.5 Å². The van der Waals surface area contributed by atoms with E-state index in [4.69, 9.17) is 9.72 Å². The minimum absolute atomic E-state index is 0.200. The summed E-state index contributed by atoms with van der Waals surface area (Å²) in [7, 11) is -1.74. The second-order valence-corrected chi connectivity index (χ2v) is 15.0. The van der Waals surface area contributed by atoms with E-state index >= 15 is 0 Å². The normalized spacial score (nSPS) is 23.9. The van der Waals surface area contributed by atoms with Gasteiger partial charge in [0.25, 0.3) is 0 Å². The number of aromatic nitrogens is 2. The van der Waals surface area contributed by atoms with Crippen LogP contribution >= 0.6 is 0 Å². The van der Waals surface area contributed by atoms with E-state index in [9.17, 15) is 13.5 Å². The van der Waals surface area contributed by atoms with E-state index in [0.29, 0.717) is 30.0 Å². The van der Waals surface area contributed by atoms with Crippen molar-refractivity contribution < 1.29 is 18.3 Å². The number of methoxy groups -OCH3 is 1. The fourth-order valence-corrected chi connectivity index (χ4v) is 8.83. The lowest BCUT2D eigenvalue weighted by Crippen LogP contribution is -2.52. The van der Waals surface area contributed by atoms with Gasteiger partial charge in [-0.1, -0.05) is 0 Å². The number of nitrogens with one attached hydrogen (secondary N) is 1. The molecule has 3 aliphatic rings. The Balaban J connectivity index is 1.28. The maximum atomic E-state index is 13.5. The Kier molecular flexibility index (Phi) is 8.18. The van der Waals surface area contributed by atoms with E-state index < -0.39 is 15.4 Å². The number of aryl methyl sites for hydroxylation is 1. The monoisotopic (exact) mass is 571 g/mol. The van der Waals surface area contributed by atoms with Gasteiger partial charge in [-0.2, -0.15) is 4.98 Å². The van der Waals surface area contributed by atoms with Gasteiger partial charge < -0.3 is 25.0 Å². The lowest BCUT2D eigenvalue weighted by molar-refractivity contribution is 0.0246. The fourth-order valence-electron chi connectivity index (χ4n) is 6.70. The summed E-state index contributed by atoms with van der Waals surface area (Å²) in [6, 6.07) is 5.84. The third kappa shape index (κ3) is 6.00. The standard InChI is InChI=1S/C30H45N5O4S/c1-21(2)34-13-10-30(11-14-34)16-25(17-30)40(37,38)24-7-8-26(22(3)15-24)32-28-31-18-23(19-39-5)27(33-28)35-12-6-9-29(4,36)20-35/h7-8,15,18,21,25,36H,6,9-14,16-17,19-20H2,1-5H3,(H,31,32,33)/t29-/m0/s1. The zero-order valence-electron chi connectivity index (χ0n) is 24.6. The van der Waals surface area contributed by atoms with Crippen molar-refractivity contribution in [2.24, 2.45) is 5.41 Å². The number of hydrogen-bond acceptors (Lipinski definition) is 9. The van der Waals surface area contributed by atoms with Crippen LogP contribution in [0.25, 0.3) is 0 Å². The summed E-state index contributed by atoms with van der Waals surface area (Å²) in [4.78, 5) is 14.3. The number of rotatable bonds is 8. The van der Waals surface area contributed by atoms with E-state index in [1.54, 1.807) is 25.4 Å². The van der Waals surface area contributed by atoms with Gasteiger partial charge in [-0.15, -0.1) is 0 Å². The minimum atomic E-state index is -3.38. The Labute approximate surface area is 239 Å². The van der Waals surface area contributed by atoms with E-state index in [2.05, 4.69) is 33.9 Å². The van der Waals surface area contributed by atoms with Crippen molar-refractivity contribution in [3.8, 4) is 0 Å². The maximum absolute atomic E-state index is 13.5. The van der Waals surface area contributed by atoms with Crippen LogP contribution in [-0.2, 0) is 21.2 Å². The predicted octanol–water partition coefficient (Wildman–Crippen LogP) is 4.45. The Morgan fingerprint density at radius 1 is 1.18 bits per heavy atom. The Hall–Kier alpha value is -2.27. The smallest absolute Gasteiger partial charge is 0.229 e. The van der Waals surface area contributed by atoms with Crippen LogP contribution in [0.1, 0.15) is 70.4 Å². The van der Waals surface area contributed by atoms with Crippen LogP contribution in [0.4, 0.5) is 17.5 Å². The second kappa shape index (κ2) is 11.2. The Morgan fingerprint density at radius 3 is 2.52 bits per heavy atom. The zero-order chi connectivity index (χ0) is 28.7. The molecule has 220 valence electrons. The lowest BCUT2D eigenvalue weighted by atomic mass is 9.63. The zero-order valence-corrected chi connectivity index (χ0v) is 25.4. The highest BCUT2D eigenvalue weighted by atomic mass is 32.2. The van der Waals surface area contributed by atoms with Gasteiger partial charge in [0.05, 0.1) is 22.4 Å². The van der Waals surface area contributed by atoms with E-state index in [1.807, 2.05) is 19.9 Å². The number of anilines is 3. The molecule has 1 saturated carbocycles. The van der Waals surface area contributed by atoms with Crippen molar-refractivity contribution in [2.45, 2.75) is 94.6 Å². The summed E-state index contributed by atoms with van der Waals surface area (Å²) in [6.45, 7) is 12.0. The van der Waals surface area contributed by atoms with Crippen LogP contribution in [0.5, 0.6) is 0 Å². The first-order valence-electron chi connectivity index (χ1n) is 14.6. The average Bonchev–Trinajstić information content (AvgIpc) is 2.88. The molecule has 5 rings (SSSR count). The molecular weight excluding hydrogens is 526 g/mol. The van der Waals surface area contributed by atoms with Gasteiger partial charge >= 0.3 is 0 Å². The van der Waals surface area contributed by atoms with Gasteiger partial charge in [0.1, 0.15) is 5.82 Å². The van der Waals surface area contributed by atoms with Gasteiger partial charge in [0, 0.05) is 43.7 Å². The quantitative estimate of drug-likeness (QED) is 0.475. The van der Waals surface area contributed by atoms with Crippen molar-refractivity contribution in [1.29, 1.82) is 0 Å². The fraction of sp³-hybridized carbons (Fsp3) is 0.667. The number of aliphatic hydroxyl groups is 1. The number of ether oxygens (including phenoxy) is 1. The molecule has 1 aromatic carbocycles. The van der Waals surface area contributed by atoms with Crippen LogP contribution < -0.4 is 10.2 Å². The molecule has 1 aromatic heterocycles. The number of piperidine rings is 2. The topological polar surface area (TPSA) is 108 Å². The molecule has 0 amide bonds. The molecule has 9 nitrogen and oxygen atoms in total. The molecule has 1 atom stereocenters. The first-order valence-corrected chi connectivity index (χ1v) is 16.1. The molecule has 2 N–H and O–H groups in total. The molecule has 1 aliphatic carbocycles. The number of β-amino-alcohol motifs (C(OH)–C–C–N with tert-alkyl or cyclic N) is 1. The van der Waals surface area contributed by atoms with Crippen molar-refractivity contribution in [3.05, 3.63) is 35.5 Å². The van der Waals surface area contributed by atoms with Gasteiger partial charge in [-0.25, -0.2) is 13.4 Å². The SMILES string of the molecule is COCc1cnc(Nc2ccc(S(=O)(=O)C3CC4(CCN(C(C)C)CC4)C3)cc2C)nc1N1CCC[C@](C)(O)C1. The molecule has 2 aliphatic heterocycles. The Bertz CT molecular complexity index is 1310. The van der Waals surface area contributed by atoms with Crippen LogP contribution in [-0.4, -0.2) is 78.6 Å². The van der Waals surface area contributed by atoms with Gasteiger partial charge in [-0.3, -0.25) is 0 Å². The summed E-state index contributed by atoms with van der Waals surface area (Å²) in [5.41, 5.74) is 1.88. The van der Waals surface area contributed by atoms with Crippen LogP contribution in [0.3, 0.4) is 0 Å². The molecule has 2 saturated heterocycles. The largest absolute Gasteiger partial charge is 0.388 e. The van der Waals surface area contributed by atoms with E-state index in [0.717, 1.165) is 80.8 Å². The number of likely N-dealkylation sites (tertiary alicyclic amines) is 1. The van der Waals surface area contributed by atoms with Crippen LogP contribution in [0, 0.1) is 12.3 Å². The summed E-state index contributed by atoms with van der Waals surface area (Å²) < 4.78 is 32.4. The third-order valence-electron chi connectivity index (χ3n) is 9.24. The average molecular weight is 572 g/mol. The third-order valence-corrected chi connectivity index (χ3v) is 11.4. The Morgan fingerprint density at radius 2 is 1.90 bits per heavy atom. The molecule has 1 spiro atoms. The summed E-state index contributed by atoms with van der Waals surface area (Å²) >= 11 is 0. The molecule has 0 radical (unpaired) electrons. The molecule has 3 heterocycles. The number of hydrogen-bond donors (Lipinski definition) is 2. The summed E-state index contributed by atoms with van der Waals surface area (Å²) in [5, 5.41) is 13.6. The number of sulfone groups is 1. The van der Waals surface area contributed by atoms with Crippen molar-refractivity contribution >= 4 is 27.3 Å². The van der Waals surface area contributed by atoms with Crippen LogP contribution in [0.2, 0.25) is 0 Å². The van der Waals surface area contributed by atoms with Gasteiger partial charge in [0.15, 0.2) is 9.84 Å². The first-order chi connectivity index (χ1) is 18.9. The number of benzene rings is 1. The van der Waals surface area contributed by atoms with E-state index in [1.165, 1.54) is 0 Å². The maximum Gasteiger partial charge on any atom is 0.229 e. The highest BCUT2D eigenvalue weighted by Gasteiger charge is 2.51. The number of nitrogens with zero attached hydrogens (tertiary/aromatic N) is 4. The van der Waals surface area contributed by atoms with Crippen molar-refractivity contribution in [1.82, 2.24) is 14.9 Å². The lowest BCUT2D eigenvalue weighted by Gasteiger charge is -2.52.